The molecule has 0 saturated heterocycles. The molecular formula is C24H30ClN3O8S. The minimum atomic E-state index is -3.85. The molecule has 2 aromatic rings. The fourth-order valence-corrected chi connectivity index (χ4v) is 4.45. The average Bonchev–Trinajstić information content (AvgIpc) is 2.85. The number of sulfonamides is 1. The number of hydrogen-bond donors (Lipinski definition) is 2. The van der Waals surface area contributed by atoms with Crippen molar-refractivity contribution < 1.29 is 37.0 Å². The second kappa shape index (κ2) is 12.7. The maximum Gasteiger partial charge on any atom is 0.329 e. The van der Waals surface area contributed by atoms with E-state index in [1.165, 1.54) is 58.6 Å². The van der Waals surface area contributed by atoms with E-state index in [0.717, 1.165) is 4.31 Å². The van der Waals surface area contributed by atoms with E-state index in [0.29, 0.717) is 11.5 Å². The van der Waals surface area contributed by atoms with Gasteiger partial charge in [-0.15, -0.1) is 0 Å². The van der Waals surface area contributed by atoms with Gasteiger partial charge in [0, 0.05) is 31.4 Å². The number of ether oxygens (including phenoxy) is 3. The largest absolute Gasteiger partial charge is 0.497 e. The third kappa shape index (κ3) is 7.81. The molecule has 37 heavy (non-hydrogen) atoms. The Labute approximate surface area is 221 Å². The Morgan fingerprint density at radius 3 is 2.11 bits per heavy atom. The van der Waals surface area contributed by atoms with Gasteiger partial charge in [0.2, 0.25) is 10.0 Å². The van der Waals surface area contributed by atoms with Gasteiger partial charge in [-0.05, 0) is 36.2 Å². The maximum absolute atomic E-state index is 12.8. The molecule has 0 fully saturated rings. The van der Waals surface area contributed by atoms with Crippen molar-refractivity contribution in [2.24, 2.45) is 5.92 Å². The first-order valence-corrected chi connectivity index (χ1v) is 12.8. The summed E-state index contributed by atoms with van der Waals surface area (Å²) >= 11 is 6.01. The first-order valence-electron chi connectivity index (χ1n) is 11.0. The van der Waals surface area contributed by atoms with Crippen LogP contribution < -0.4 is 20.1 Å². The van der Waals surface area contributed by atoms with Crippen LogP contribution in [-0.4, -0.2) is 71.5 Å². The number of carbonyl (C=O) groups is 3. The summed E-state index contributed by atoms with van der Waals surface area (Å²) in [4.78, 5) is 37.7. The van der Waals surface area contributed by atoms with Crippen LogP contribution in [0, 0.1) is 5.92 Å². The van der Waals surface area contributed by atoms with Crippen molar-refractivity contribution in [2.75, 3.05) is 40.2 Å². The van der Waals surface area contributed by atoms with Crippen LogP contribution >= 0.6 is 11.6 Å². The van der Waals surface area contributed by atoms with Crippen molar-refractivity contribution in [2.45, 2.75) is 24.8 Å². The molecule has 0 unspecified atom stereocenters. The van der Waals surface area contributed by atoms with E-state index in [-0.39, 0.29) is 27.1 Å². The summed E-state index contributed by atoms with van der Waals surface area (Å²) in [5.74, 6) is -1.66. The van der Waals surface area contributed by atoms with E-state index >= 15 is 0 Å². The van der Waals surface area contributed by atoms with E-state index in [1.54, 1.807) is 19.9 Å². The number of hydrogen-bond acceptors (Lipinski definition) is 8. The van der Waals surface area contributed by atoms with E-state index in [4.69, 9.17) is 25.8 Å². The molecule has 2 amide bonds. The zero-order valence-corrected chi connectivity index (χ0v) is 22.9. The quantitative estimate of drug-likeness (QED) is 0.403. The van der Waals surface area contributed by atoms with Gasteiger partial charge in [-0.3, -0.25) is 9.59 Å². The van der Waals surface area contributed by atoms with Crippen molar-refractivity contribution in [3.05, 3.63) is 47.0 Å². The summed E-state index contributed by atoms with van der Waals surface area (Å²) in [6.07, 6.45) is 0. The first kappa shape index (κ1) is 29.9. The van der Waals surface area contributed by atoms with Gasteiger partial charge in [-0.25, -0.2) is 17.5 Å². The van der Waals surface area contributed by atoms with Crippen LogP contribution in [0.2, 0.25) is 5.02 Å². The lowest BCUT2D eigenvalue weighted by molar-refractivity contribution is -0.150. The van der Waals surface area contributed by atoms with Crippen LogP contribution in [0.5, 0.6) is 11.5 Å². The Morgan fingerprint density at radius 1 is 1.00 bits per heavy atom. The first-order chi connectivity index (χ1) is 17.3. The van der Waals surface area contributed by atoms with Crippen molar-refractivity contribution in [3.63, 3.8) is 0 Å². The third-order valence-corrected chi connectivity index (χ3v) is 7.44. The third-order valence-electron chi connectivity index (χ3n) is 5.14. The SMILES string of the molecule is COc1cc(OC)cc(C(=O)N[C@H](C(=O)OCC(=O)Nc2ccc(Cl)c(S(=O)(=O)N(C)C)c2)C(C)C)c1. The fourth-order valence-electron chi connectivity index (χ4n) is 3.06. The van der Waals surface area contributed by atoms with Crippen molar-refractivity contribution in [3.8, 4) is 11.5 Å². The highest BCUT2D eigenvalue weighted by molar-refractivity contribution is 7.89. The Kier molecular flexibility index (Phi) is 10.3. The molecule has 0 saturated carbocycles. The molecule has 0 spiro atoms. The van der Waals surface area contributed by atoms with E-state index in [1.807, 2.05) is 0 Å². The second-order valence-corrected chi connectivity index (χ2v) is 10.9. The Morgan fingerprint density at radius 2 is 1.59 bits per heavy atom. The minimum absolute atomic E-state index is 0.0118. The monoisotopic (exact) mass is 555 g/mol. The number of carbonyl (C=O) groups excluding carboxylic acids is 3. The lowest BCUT2D eigenvalue weighted by Gasteiger charge is -2.21. The van der Waals surface area contributed by atoms with Crippen LogP contribution in [0.15, 0.2) is 41.3 Å². The number of nitrogens with one attached hydrogen (secondary N) is 2. The highest BCUT2D eigenvalue weighted by Gasteiger charge is 2.27. The topological polar surface area (TPSA) is 140 Å². The molecule has 0 aromatic heterocycles. The van der Waals surface area contributed by atoms with Crippen molar-refractivity contribution in [1.82, 2.24) is 9.62 Å². The molecule has 202 valence electrons. The van der Waals surface area contributed by atoms with E-state index in [2.05, 4.69) is 10.6 Å². The number of nitrogens with zero attached hydrogens (tertiary/aromatic N) is 1. The van der Waals surface area contributed by atoms with Crippen molar-refractivity contribution in [1.29, 1.82) is 0 Å². The van der Waals surface area contributed by atoms with Gasteiger partial charge in [0.05, 0.1) is 19.2 Å². The summed E-state index contributed by atoms with van der Waals surface area (Å²) in [7, 11) is 1.75. The van der Waals surface area contributed by atoms with Crippen LogP contribution in [0.25, 0.3) is 0 Å². The van der Waals surface area contributed by atoms with Gasteiger partial charge >= 0.3 is 5.97 Å². The zero-order valence-electron chi connectivity index (χ0n) is 21.3. The van der Waals surface area contributed by atoms with Crippen LogP contribution in [0.4, 0.5) is 5.69 Å². The molecule has 2 aromatic carbocycles. The highest BCUT2D eigenvalue weighted by Crippen LogP contribution is 2.27. The molecule has 1 atom stereocenters. The summed E-state index contributed by atoms with van der Waals surface area (Å²) in [6, 6.07) is 7.48. The predicted molar refractivity (Wildman–Crippen MR) is 138 cm³/mol. The van der Waals surface area contributed by atoms with E-state index in [9.17, 15) is 22.8 Å². The van der Waals surface area contributed by atoms with Gasteiger partial charge in [0.25, 0.3) is 11.8 Å². The lowest BCUT2D eigenvalue weighted by Crippen LogP contribution is -2.46. The maximum atomic E-state index is 12.8. The fraction of sp³-hybridized carbons (Fsp3) is 0.375. The molecule has 0 aliphatic carbocycles. The number of halogens is 1. The van der Waals surface area contributed by atoms with Gasteiger partial charge in [-0.1, -0.05) is 25.4 Å². The number of esters is 1. The molecular weight excluding hydrogens is 526 g/mol. The molecule has 11 nitrogen and oxygen atoms in total. The summed E-state index contributed by atoms with van der Waals surface area (Å²) < 4.78 is 41.3. The number of anilines is 1. The van der Waals surface area contributed by atoms with Crippen LogP contribution in [0.3, 0.4) is 0 Å². The second-order valence-electron chi connectivity index (χ2n) is 8.39. The predicted octanol–water partition coefficient (Wildman–Crippen LogP) is 2.54. The standard InChI is InChI=1S/C24H30ClN3O8S/c1-14(2)22(27-23(30)15-9-17(34-5)12-18(10-15)35-6)24(31)36-13-21(29)26-16-7-8-19(25)20(11-16)37(32,33)28(3)4/h7-12,14,22H,13H2,1-6H3,(H,26,29)(H,27,30)/t22-/m0/s1. The Balaban J connectivity index is 2.07. The molecule has 2 N–H and O–H groups in total. The minimum Gasteiger partial charge on any atom is -0.497 e. The Bertz CT molecular complexity index is 1240. The lowest BCUT2D eigenvalue weighted by atomic mass is 10.0. The van der Waals surface area contributed by atoms with Crippen LogP contribution in [0.1, 0.15) is 24.2 Å². The van der Waals surface area contributed by atoms with Gasteiger partial charge in [-0.2, -0.15) is 0 Å². The molecule has 0 aliphatic rings. The number of amides is 2. The normalized spacial score (nSPS) is 12.1. The van der Waals surface area contributed by atoms with Crippen LogP contribution in [-0.2, 0) is 24.3 Å². The average molecular weight is 556 g/mol. The highest BCUT2D eigenvalue weighted by atomic mass is 35.5. The smallest absolute Gasteiger partial charge is 0.329 e. The summed E-state index contributed by atoms with van der Waals surface area (Å²) in [5.41, 5.74) is 0.352. The zero-order chi connectivity index (χ0) is 27.9. The summed E-state index contributed by atoms with van der Waals surface area (Å²) in [5, 5.41) is 5.06. The van der Waals surface area contributed by atoms with E-state index < -0.39 is 40.5 Å². The van der Waals surface area contributed by atoms with Gasteiger partial charge < -0.3 is 24.8 Å². The molecule has 0 heterocycles. The van der Waals surface area contributed by atoms with Crippen molar-refractivity contribution >= 4 is 45.1 Å². The molecule has 0 radical (unpaired) electrons. The van der Waals surface area contributed by atoms with Gasteiger partial charge in [0.1, 0.15) is 22.4 Å². The molecule has 0 bridgehead atoms. The summed E-state index contributed by atoms with van der Waals surface area (Å²) in [6.45, 7) is 2.75. The van der Waals surface area contributed by atoms with Gasteiger partial charge in [0.15, 0.2) is 6.61 Å². The number of benzene rings is 2. The molecule has 2 rings (SSSR count). The number of rotatable bonds is 11. The Hall–Kier alpha value is -3.35. The number of methoxy groups -OCH3 is 2. The molecule has 0 aliphatic heterocycles. The molecule has 13 heteroatoms.